The van der Waals surface area contributed by atoms with Crippen LogP contribution in [-0.2, 0) is 21.9 Å². The summed E-state index contributed by atoms with van der Waals surface area (Å²) in [7, 11) is -3.47. The van der Waals surface area contributed by atoms with Gasteiger partial charge in [-0.25, -0.2) is 13.1 Å². The van der Waals surface area contributed by atoms with Crippen molar-refractivity contribution in [3.63, 3.8) is 0 Å². The molecule has 0 atom stereocenters. The van der Waals surface area contributed by atoms with Gasteiger partial charge in [-0.3, -0.25) is 0 Å². The van der Waals surface area contributed by atoms with E-state index in [2.05, 4.69) is 29.2 Å². The molecule has 3 nitrogen and oxygen atoms in total. The van der Waals surface area contributed by atoms with Gasteiger partial charge in [0.15, 0.2) is 0 Å². The smallest absolute Gasteiger partial charge is 0.210 e. The third-order valence-corrected chi connectivity index (χ3v) is 7.76. The maximum Gasteiger partial charge on any atom is 0.240 e. The van der Waals surface area contributed by atoms with Crippen LogP contribution < -0.4 is 4.72 Å². The van der Waals surface area contributed by atoms with Gasteiger partial charge in [-0.15, -0.1) is 11.3 Å². The molecule has 1 aromatic carbocycles. The fourth-order valence-electron chi connectivity index (χ4n) is 3.76. The van der Waals surface area contributed by atoms with Crippen LogP contribution in [0.4, 0.5) is 0 Å². The monoisotopic (exact) mass is 377 g/mol. The number of aryl methyl sites for hydroxylation is 1. The quantitative estimate of drug-likeness (QED) is 0.747. The van der Waals surface area contributed by atoms with Crippen molar-refractivity contribution < 1.29 is 8.42 Å². The molecule has 0 amide bonds. The molecule has 5 heteroatoms. The maximum absolute atomic E-state index is 12.7. The second kappa shape index (κ2) is 8.02. The molecule has 0 bridgehead atoms. The molecule has 1 saturated carbocycles. The van der Waals surface area contributed by atoms with E-state index in [0.717, 1.165) is 25.7 Å². The van der Waals surface area contributed by atoms with Gasteiger partial charge in [-0.05, 0) is 48.4 Å². The Morgan fingerprint density at radius 3 is 2.40 bits per heavy atom. The molecular formula is C20H27NO2S2. The van der Waals surface area contributed by atoms with Crippen molar-refractivity contribution in [1.82, 2.24) is 4.72 Å². The fraction of sp³-hybridized carbons (Fsp3) is 0.500. The minimum atomic E-state index is -3.47. The maximum atomic E-state index is 12.7. The molecule has 1 N–H and O–H groups in total. The second-order valence-corrected chi connectivity index (χ2v) is 9.75. The molecule has 0 saturated heterocycles. The van der Waals surface area contributed by atoms with Crippen LogP contribution in [0.2, 0.25) is 0 Å². The van der Waals surface area contributed by atoms with Crippen LogP contribution in [0.15, 0.2) is 46.7 Å². The molecule has 136 valence electrons. The zero-order valence-corrected chi connectivity index (χ0v) is 16.5. The highest BCUT2D eigenvalue weighted by Gasteiger charge is 2.36. The van der Waals surface area contributed by atoms with E-state index < -0.39 is 10.0 Å². The normalized spacial score (nSPS) is 17.5. The first-order chi connectivity index (χ1) is 12.1. The molecule has 1 fully saturated rings. The minimum absolute atomic E-state index is 0.0400. The third kappa shape index (κ3) is 4.33. The van der Waals surface area contributed by atoms with Gasteiger partial charge in [0.05, 0.1) is 4.90 Å². The van der Waals surface area contributed by atoms with Crippen molar-refractivity contribution in [2.45, 2.75) is 62.2 Å². The molecule has 1 heterocycles. The Hall–Kier alpha value is -1.17. The molecule has 0 aliphatic heterocycles. The Kier molecular flexibility index (Phi) is 5.97. The predicted octanol–water partition coefficient (Wildman–Crippen LogP) is 4.88. The van der Waals surface area contributed by atoms with Gasteiger partial charge < -0.3 is 0 Å². The lowest BCUT2D eigenvalue weighted by molar-refractivity contribution is 0.298. The molecule has 0 spiro atoms. The first-order valence-electron chi connectivity index (χ1n) is 9.18. The summed E-state index contributed by atoms with van der Waals surface area (Å²) in [5, 5.41) is 2.09. The SMILES string of the molecule is CCCc1ccc(S(=O)(=O)NCC2(c3cccs3)CCCCC2)cc1. The fourth-order valence-corrected chi connectivity index (χ4v) is 5.87. The Bertz CT molecular complexity index is 759. The van der Waals surface area contributed by atoms with Crippen molar-refractivity contribution in [1.29, 1.82) is 0 Å². The highest BCUT2D eigenvalue weighted by Crippen LogP contribution is 2.41. The van der Waals surface area contributed by atoms with E-state index in [1.54, 1.807) is 23.5 Å². The number of hydrogen-bond donors (Lipinski definition) is 1. The van der Waals surface area contributed by atoms with Gasteiger partial charge >= 0.3 is 0 Å². The summed E-state index contributed by atoms with van der Waals surface area (Å²) in [6.45, 7) is 2.62. The van der Waals surface area contributed by atoms with Gasteiger partial charge in [0, 0.05) is 16.8 Å². The van der Waals surface area contributed by atoms with E-state index in [1.165, 1.54) is 29.7 Å². The lowest BCUT2D eigenvalue weighted by atomic mass is 9.73. The predicted molar refractivity (Wildman–Crippen MR) is 105 cm³/mol. The summed E-state index contributed by atoms with van der Waals surface area (Å²) >= 11 is 1.75. The topological polar surface area (TPSA) is 46.2 Å². The zero-order chi connectivity index (χ0) is 17.8. The number of sulfonamides is 1. The summed E-state index contributed by atoms with van der Waals surface area (Å²) in [6, 6.07) is 11.5. The van der Waals surface area contributed by atoms with E-state index in [1.807, 2.05) is 12.1 Å². The zero-order valence-electron chi connectivity index (χ0n) is 14.8. The molecule has 25 heavy (non-hydrogen) atoms. The number of benzene rings is 1. The van der Waals surface area contributed by atoms with Crippen molar-refractivity contribution in [3.05, 3.63) is 52.2 Å². The van der Waals surface area contributed by atoms with Crippen molar-refractivity contribution >= 4 is 21.4 Å². The average Bonchev–Trinajstić information content (AvgIpc) is 3.17. The first kappa shape index (κ1) is 18.6. The molecule has 2 aromatic rings. The summed E-state index contributed by atoms with van der Waals surface area (Å²) in [5.74, 6) is 0. The van der Waals surface area contributed by atoms with Crippen LogP contribution in [-0.4, -0.2) is 15.0 Å². The molecule has 1 aliphatic carbocycles. The van der Waals surface area contributed by atoms with Gasteiger partial charge in [-0.2, -0.15) is 0 Å². The Balaban J connectivity index is 1.75. The van der Waals surface area contributed by atoms with E-state index >= 15 is 0 Å². The van der Waals surface area contributed by atoms with Crippen LogP contribution in [0.3, 0.4) is 0 Å². The van der Waals surface area contributed by atoms with Gasteiger partial charge in [0.25, 0.3) is 0 Å². The largest absolute Gasteiger partial charge is 0.240 e. The Morgan fingerprint density at radius 1 is 1.08 bits per heavy atom. The van der Waals surface area contributed by atoms with Gasteiger partial charge in [-0.1, -0.05) is 50.8 Å². The van der Waals surface area contributed by atoms with E-state index in [9.17, 15) is 8.42 Å². The van der Waals surface area contributed by atoms with Crippen LogP contribution in [0, 0.1) is 0 Å². The second-order valence-electron chi connectivity index (χ2n) is 7.04. The van der Waals surface area contributed by atoms with Crippen molar-refractivity contribution in [2.75, 3.05) is 6.54 Å². The minimum Gasteiger partial charge on any atom is -0.210 e. The van der Waals surface area contributed by atoms with Gasteiger partial charge in [0.1, 0.15) is 0 Å². The molecule has 0 unspecified atom stereocenters. The highest BCUT2D eigenvalue weighted by molar-refractivity contribution is 7.89. The summed E-state index contributed by atoms with van der Waals surface area (Å²) in [5.41, 5.74) is 1.14. The van der Waals surface area contributed by atoms with Crippen LogP contribution in [0.5, 0.6) is 0 Å². The Morgan fingerprint density at radius 2 is 1.80 bits per heavy atom. The molecule has 1 aromatic heterocycles. The number of hydrogen-bond acceptors (Lipinski definition) is 3. The van der Waals surface area contributed by atoms with Crippen molar-refractivity contribution in [2.24, 2.45) is 0 Å². The molecular weight excluding hydrogens is 350 g/mol. The van der Waals surface area contributed by atoms with E-state index in [4.69, 9.17) is 0 Å². The van der Waals surface area contributed by atoms with E-state index in [0.29, 0.717) is 11.4 Å². The van der Waals surface area contributed by atoms with Crippen LogP contribution in [0.1, 0.15) is 55.9 Å². The van der Waals surface area contributed by atoms with Crippen LogP contribution >= 0.6 is 11.3 Å². The summed E-state index contributed by atoms with van der Waals surface area (Å²) in [4.78, 5) is 1.68. The first-order valence-corrected chi connectivity index (χ1v) is 11.5. The molecule has 3 rings (SSSR count). The average molecular weight is 378 g/mol. The number of nitrogens with one attached hydrogen (secondary N) is 1. The number of thiophene rings is 1. The lowest BCUT2D eigenvalue weighted by Gasteiger charge is -2.36. The standard InChI is InChI=1S/C20H27NO2S2/c1-2-7-17-9-11-18(12-10-17)25(22,23)21-16-20(13-4-3-5-14-20)19-8-6-15-24-19/h6,8-12,15,21H,2-5,7,13-14,16H2,1H3. The third-order valence-electron chi connectivity index (χ3n) is 5.23. The summed E-state index contributed by atoms with van der Waals surface area (Å²) < 4.78 is 28.4. The number of rotatable bonds is 7. The van der Waals surface area contributed by atoms with E-state index in [-0.39, 0.29) is 5.41 Å². The van der Waals surface area contributed by atoms with Gasteiger partial charge in [0.2, 0.25) is 10.0 Å². The van der Waals surface area contributed by atoms with Crippen molar-refractivity contribution in [3.8, 4) is 0 Å². The molecule has 0 radical (unpaired) electrons. The summed E-state index contributed by atoms with van der Waals surface area (Å²) in [6.07, 6.45) is 7.76. The van der Waals surface area contributed by atoms with Crippen LogP contribution in [0.25, 0.3) is 0 Å². The lowest BCUT2D eigenvalue weighted by Crippen LogP contribution is -2.41. The molecule has 1 aliphatic rings. The Labute approximate surface area is 155 Å². The highest BCUT2D eigenvalue weighted by atomic mass is 32.2.